The first kappa shape index (κ1) is 15.5. The van der Waals surface area contributed by atoms with E-state index in [1.54, 1.807) is 0 Å². The molecule has 0 aromatic carbocycles. The van der Waals surface area contributed by atoms with Gasteiger partial charge in [-0.25, -0.2) is 0 Å². The van der Waals surface area contributed by atoms with Gasteiger partial charge in [-0.2, -0.15) is 5.10 Å². The van der Waals surface area contributed by atoms with Crippen molar-refractivity contribution in [3.05, 3.63) is 17.5 Å². The molecule has 0 radical (unpaired) electrons. The molecule has 1 aromatic rings. The molecular weight excluding hydrogens is 248 g/mol. The summed E-state index contributed by atoms with van der Waals surface area (Å²) < 4.78 is 1.93. The van der Waals surface area contributed by atoms with Gasteiger partial charge in [0.25, 0.3) is 0 Å². The quantitative estimate of drug-likeness (QED) is 0.795. The second kappa shape index (κ2) is 6.72. The maximum Gasteiger partial charge on any atom is 0.0670 e. The zero-order chi connectivity index (χ0) is 14.7. The van der Waals surface area contributed by atoms with Crippen molar-refractivity contribution in [3.8, 4) is 0 Å². The summed E-state index contributed by atoms with van der Waals surface area (Å²) in [5.41, 5.74) is 8.68. The second-order valence-corrected chi connectivity index (χ2v) is 6.46. The number of aromatic nitrogens is 2. The van der Waals surface area contributed by atoms with Crippen molar-refractivity contribution < 1.29 is 0 Å². The van der Waals surface area contributed by atoms with Crippen LogP contribution in [0.3, 0.4) is 0 Å². The molecule has 1 heterocycles. The van der Waals surface area contributed by atoms with E-state index in [1.165, 1.54) is 30.5 Å². The van der Waals surface area contributed by atoms with E-state index in [0.29, 0.717) is 12.6 Å². The number of hydrogen-bond acceptors (Lipinski definition) is 3. The Hall–Kier alpha value is -0.870. The smallest absolute Gasteiger partial charge is 0.0670 e. The van der Waals surface area contributed by atoms with E-state index in [9.17, 15) is 0 Å². The van der Waals surface area contributed by atoms with Crippen LogP contribution in [0.1, 0.15) is 57.3 Å². The molecule has 1 aliphatic rings. The molecule has 1 aliphatic carbocycles. The molecule has 1 aromatic heterocycles. The first-order valence-electron chi connectivity index (χ1n) is 8.05. The highest BCUT2D eigenvalue weighted by Crippen LogP contribution is 2.35. The van der Waals surface area contributed by atoms with Gasteiger partial charge in [0.2, 0.25) is 0 Å². The van der Waals surface area contributed by atoms with Crippen LogP contribution in [-0.2, 0) is 13.5 Å². The fourth-order valence-electron chi connectivity index (χ4n) is 2.95. The summed E-state index contributed by atoms with van der Waals surface area (Å²) in [6.45, 7) is 8.61. The molecule has 20 heavy (non-hydrogen) atoms. The molecule has 0 amide bonds. The Morgan fingerprint density at radius 1 is 1.45 bits per heavy atom. The first-order chi connectivity index (χ1) is 9.56. The van der Waals surface area contributed by atoms with Crippen molar-refractivity contribution in [2.75, 3.05) is 13.1 Å². The Bertz CT molecular complexity index is 420. The zero-order valence-corrected chi connectivity index (χ0v) is 13.5. The summed E-state index contributed by atoms with van der Waals surface area (Å²) in [4.78, 5) is 2.64. The highest BCUT2D eigenvalue weighted by molar-refractivity contribution is 5.23. The maximum atomic E-state index is 6.13. The minimum Gasteiger partial charge on any atom is -0.329 e. The molecule has 4 nitrogen and oxygen atoms in total. The molecule has 114 valence electrons. The normalized spacial score (nSPS) is 17.1. The predicted octanol–water partition coefficient (Wildman–Crippen LogP) is 2.49. The van der Waals surface area contributed by atoms with Crippen molar-refractivity contribution in [2.45, 2.75) is 58.5 Å². The van der Waals surface area contributed by atoms with Crippen LogP contribution in [0, 0.1) is 5.92 Å². The number of nitrogens with zero attached hydrogens (tertiary/aromatic N) is 3. The van der Waals surface area contributed by atoms with Crippen molar-refractivity contribution >= 4 is 0 Å². The monoisotopic (exact) mass is 278 g/mol. The van der Waals surface area contributed by atoms with Gasteiger partial charge in [-0.3, -0.25) is 9.58 Å². The van der Waals surface area contributed by atoms with Crippen molar-refractivity contribution in [3.63, 3.8) is 0 Å². The van der Waals surface area contributed by atoms with Gasteiger partial charge < -0.3 is 5.73 Å². The zero-order valence-electron chi connectivity index (χ0n) is 13.5. The molecule has 1 atom stereocenters. The third-order valence-electron chi connectivity index (χ3n) is 4.24. The molecular formula is C16H30N4. The Balaban J connectivity index is 2.18. The minimum atomic E-state index is 0.338. The Labute approximate surface area is 123 Å². The fraction of sp³-hybridized carbons (Fsp3) is 0.812. The summed E-state index contributed by atoms with van der Waals surface area (Å²) in [6.07, 6.45) is 7.05. The van der Waals surface area contributed by atoms with Crippen LogP contribution in [0.5, 0.6) is 0 Å². The average Bonchev–Trinajstić information content (AvgIpc) is 3.17. The number of rotatable bonds is 8. The summed E-state index contributed by atoms with van der Waals surface area (Å²) in [5.74, 6) is 0.745. The minimum absolute atomic E-state index is 0.338. The lowest BCUT2D eigenvalue weighted by Crippen LogP contribution is -2.37. The van der Waals surface area contributed by atoms with Gasteiger partial charge in [-0.05, 0) is 38.1 Å². The molecule has 0 aliphatic heterocycles. The summed E-state index contributed by atoms with van der Waals surface area (Å²) in [6, 6.07) is 1.08. The Morgan fingerprint density at radius 3 is 2.65 bits per heavy atom. The summed E-state index contributed by atoms with van der Waals surface area (Å²) in [5, 5.41) is 4.59. The molecule has 0 bridgehead atoms. The summed E-state index contributed by atoms with van der Waals surface area (Å²) in [7, 11) is 2.01. The van der Waals surface area contributed by atoms with E-state index in [-0.39, 0.29) is 0 Å². The van der Waals surface area contributed by atoms with Crippen molar-refractivity contribution in [1.82, 2.24) is 14.7 Å². The van der Waals surface area contributed by atoms with E-state index in [1.807, 2.05) is 11.7 Å². The van der Waals surface area contributed by atoms with E-state index in [2.05, 4.69) is 37.0 Å². The van der Waals surface area contributed by atoms with E-state index in [4.69, 9.17) is 5.73 Å². The van der Waals surface area contributed by atoms with Gasteiger partial charge in [0.1, 0.15) is 0 Å². The van der Waals surface area contributed by atoms with Gasteiger partial charge >= 0.3 is 0 Å². The van der Waals surface area contributed by atoms with Crippen molar-refractivity contribution in [1.29, 1.82) is 0 Å². The Kier molecular flexibility index (Phi) is 5.22. The SMILES string of the molecule is CCc1nn(C)cc1C(CN)N(CCC(C)C)C1CC1. The van der Waals surface area contributed by atoms with Gasteiger partial charge in [0, 0.05) is 31.4 Å². The van der Waals surface area contributed by atoms with Gasteiger partial charge in [0.05, 0.1) is 11.7 Å². The largest absolute Gasteiger partial charge is 0.329 e. The number of hydrogen-bond donors (Lipinski definition) is 1. The lowest BCUT2D eigenvalue weighted by atomic mass is 10.0. The second-order valence-electron chi connectivity index (χ2n) is 6.46. The highest BCUT2D eigenvalue weighted by Gasteiger charge is 2.35. The van der Waals surface area contributed by atoms with Crippen LogP contribution in [0.25, 0.3) is 0 Å². The van der Waals surface area contributed by atoms with Gasteiger partial charge in [-0.1, -0.05) is 20.8 Å². The maximum absolute atomic E-state index is 6.13. The summed E-state index contributed by atoms with van der Waals surface area (Å²) >= 11 is 0. The van der Waals surface area contributed by atoms with Crippen LogP contribution in [0.2, 0.25) is 0 Å². The van der Waals surface area contributed by atoms with Crippen LogP contribution in [0.15, 0.2) is 6.20 Å². The number of nitrogens with two attached hydrogens (primary N) is 1. The highest BCUT2D eigenvalue weighted by atomic mass is 15.3. The first-order valence-corrected chi connectivity index (χ1v) is 8.05. The van der Waals surface area contributed by atoms with Crippen LogP contribution < -0.4 is 5.73 Å². The molecule has 2 N–H and O–H groups in total. The standard InChI is InChI=1S/C16H30N4/c1-5-15-14(11-19(4)18-15)16(10-17)20(13-6-7-13)9-8-12(2)3/h11-13,16H,5-10,17H2,1-4H3. The van der Waals surface area contributed by atoms with E-state index in [0.717, 1.165) is 24.9 Å². The fourth-order valence-corrected chi connectivity index (χ4v) is 2.95. The topological polar surface area (TPSA) is 47.1 Å². The molecule has 0 spiro atoms. The average molecular weight is 278 g/mol. The van der Waals surface area contributed by atoms with Crippen LogP contribution in [-0.4, -0.2) is 33.8 Å². The van der Waals surface area contributed by atoms with Gasteiger partial charge in [-0.15, -0.1) is 0 Å². The molecule has 2 rings (SSSR count). The predicted molar refractivity (Wildman–Crippen MR) is 83.6 cm³/mol. The number of aryl methyl sites for hydroxylation is 2. The van der Waals surface area contributed by atoms with E-state index < -0.39 is 0 Å². The molecule has 4 heteroatoms. The lowest BCUT2D eigenvalue weighted by Gasteiger charge is -2.31. The Morgan fingerprint density at radius 2 is 2.15 bits per heavy atom. The molecule has 1 unspecified atom stereocenters. The third-order valence-corrected chi connectivity index (χ3v) is 4.24. The molecule has 1 fully saturated rings. The van der Waals surface area contributed by atoms with Crippen LogP contribution >= 0.6 is 0 Å². The van der Waals surface area contributed by atoms with Crippen molar-refractivity contribution in [2.24, 2.45) is 18.7 Å². The third kappa shape index (κ3) is 3.61. The van der Waals surface area contributed by atoms with Crippen LogP contribution in [0.4, 0.5) is 0 Å². The van der Waals surface area contributed by atoms with E-state index >= 15 is 0 Å². The van der Waals surface area contributed by atoms with Gasteiger partial charge in [0.15, 0.2) is 0 Å². The molecule has 1 saturated carbocycles. The lowest BCUT2D eigenvalue weighted by molar-refractivity contribution is 0.180. The molecule has 0 saturated heterocycles.